The summed E-state index contributed by atoms with van der Waals surface area (Å²) in [6, 6.07) is 17.9. The Morgan fingerprint density at radius 1 is 1.05 bits per heavy atom. The smallest absolute Gasteiger partial charge is 0.326 e. The third-order valence-corrected chi connectivity index (χ3v) is 7.18. The first-order valence-corrected chi connectivity index (χ1v) is 13.0. The lowest BCUT2D eigenvalue weighted by atomic mass is 9.91. The first-order chi connectivity index (χ1) is 18.4. The molecule has 0 radical (unpaired) electrons. The molecule has 2 heterocycles. The lowest BCUT2D eigenvalue weighted by Gasteiger charge is -2.19. The molecule has 2 aromatic heterocycles. The summed E-state index contributed by atoms with van der Waals surface area (Å²) in [6.07, 6.45) is 9.39. The van der Waals surface area contributed by atoms with E-state index < -0.39 is 17.9 Å². The molecule has 7 nitrogen and oxygen atoms in total. The number of carbonyl (C=O) groups is 2. The zero-order valence-electron chi connectivity index (χ0n) is 21.6. The highest BCUT2D eigenvalue weighted by molar-refractivity contribution is 5.97. The van der Waals surface area contributed by atoms with Gasteiger partial charge >= 0.3 is 5.97 Å². The number of carboxylic acid groups (broad SMARTS) is 1. The number of amides is 1. The minimum atomic E-state index is -1.07. The lowest BCUT2D eigenvalue weighted by molar-refractivity contribution is -0.139. The molecule has 2 aromatic carbocycles. The second-order valence-corrected chi connectivity index (χ2v) is 9.92. The first-order valence-electron chi connectivity index (χ1n) is 13.0. The molecule has 1 aliphatic rings. The van der Waals surface area contributed by atoms with Gasteiger partial charge in [0.15, 0.2) is 0 Å². The number of aromatic nitrogens is 2. The van der Waals surface area contributed by atoms with Crippen LogP contribution in [-0.2, 0) is 11.2 Å². The zero-order valence-corrected chi connectivity index (χ0v) is 21.6. The number of carboxylic acids is 1. The number of allylic oxidation sites excluding steroid dienone is 2. The third kappa shape index (κ3) is 5.32. The van der Waals surface area contributed by atoms with Gasteiger partial charge in [0.05, 0.1) is 5.69 Å². The fourth-order valence-electron chi connectivity index (χ4n) is 5.08. The SMILES string of the molecule is Cc1cccc(C)c1Nc1c(C2CC=CCC2)nc2cc(C(=O)NC(Cc3ccccc3)C(=O)O)ccn12. The molecule has 194 valence electrons. The molecule has 0 spiro atoms. The summed E-state index contributed by atoms with van der Waals surface area (Å²) < 4.78 is 1.98. The zero-order chi connectivity index (χ0) is 26.6. The van der Waals surface area contributed by atoms with E-state index in [2.05, 4.69) is 48.8 Å². The Kier molecular flexibility index (Phi) is 7.26. The predicted molar refractivity (Wildman–Crippen MR) is 149 cm³/mol. The molecule has 7 heteroatoms. The summed E-state index contributed by atoms with van der Waals surface area (Å²) >= 11 is 0. The van der Waals surface area contributed by atoms with E-state index in [1.165, 1.54) is 0 Å². The molecule has 1 aliphatic carbocycles. The van der Waals surface area contributed by atoms with Crippen molar-refractivity contribution in [2.75, 3.05) is 5.32 Å². The van der Waals surface area contributed by atoms with Crippen LogP contribution in [0, 0.1) is 13.8 Å². The molecule has 0 saturated heterocycles. The molecule has 0 saturated carbocycles. The molecule has 4 aromatic rings. The molecular weight excluding hydrogens is 476 g/mol. The van der Waals surface area contributed by atoms with Crippen LogP contribution in [0.15, 0.2) is 79.0 Å². The average molecular weight is 509 g/mol. The molecule has 3 N–H and O–H groups in total. The Labute approximate surface area is 222 Å². The Hall–Kier alpha value is -4.39. The van der Waals surface area contributed by atoms with Crippen LogP contribution in [0.3, 0.4) is 0 Å². The van der Waals surface area contributed by atoms with Gasteiger partial charge in [-0.1, -0.05) is 60.7 Å². The number of aryl methyl sites for hydroxylation is 2. The van der Waals surface area contributed by atoms with Crippen molar-refractivity contribution < 1.29 is 14.7 Å². The van der Waals surface area contributed by atoms with Gasteiger partial charge in [0, 0.05) is 29.8 Å². The summed E-state index contributed by atoms with van der Waals surface area (Å²) in [5.74, 6) is -0.342. The van der Waals surface area contributed by atoms with Crippen LogP contribution in [-0.4, -0.2) is 32.4 Å². The number of anilines is 2. The summed E-state index contributed by atoms with van der Waals surface area (Å²) in [5.41, 5.74) is 6.17. The minimum absolute atomic E-state index is 0.205. The van der Waals surface area contributed by atoms with Crippen LogP contribution in [0.1, 0.15) is 57.9 Å². The van der Waals surface area contributed by atoms with Crippen molar-refractivity contribution in [2.24, 2.45) is 0 Å². The Balaban J connectivity index is 1.47. The Morgan fingerprint density at radius 2 is 1.82 bits per heavy atom. The second kappa shape index (κ2) is 10.9. The molecule has 0 bridgehead atoms. The number of aliphatic carboxylic acids is 1. The molecule has 1 amide bonds. The number of para-hydroxylation sites is 1. The standard InChI is InChI=1S/C31H32N4O3/c1-20-10-9-11-21(2)27(20)34-29-28(23-14-7-4-8-15-23)33-26-19-24(16-17-35(26)29)30(36)32-25(31(37)38)18-22-12-5-3-6-13-22/h3-7,9-13,16-17,19,23,25,34H,8,14-15,18H2,1-2H3,(H,32,36)(H,37,38). The molecule has 5 rings (SSSR count). The summed E-state index contributed by atoms with van der Waals surface area (Å²) in [7, 11) is 0. The number of nitrogens with one attached hydrogen (secondary N) is 2. The van der Waals surface area contributed by atoms with Crippen LogP contribution in [0.4, 0.5) is 11.5 Å². The number of fused-ring (bicyclic) bond motifs is 1. The van der Waals surface area contributed by atoms with Crippen LogP contribution in [0.2, 0.25) is 0 Å². The van der Waals surface area contributed by atoms with Crippen molar-refractivity contribution >= 4 is 29.0 Å². The topological polar surface area (TPSA) is 95.7 Å². The quantitative estimate of drug-likeness (QED) is 0.256. The highest BCUT2D eigenvalue weighted by Gasteiger charge is 2.25. The van der Waals surface area contributed by atoms with Crippen LogP contribution < -0.4 is 10.6 Å². The van der Waals surface area contributed by atoms with Gasteiger partial charge in [-0.05, 0) is 61.9 Å². The highest BCUT2D eigenvalue weighted by atomic mass is 16.4. The third-order valence-electron chi connectivity index (χ3n) is 7.18. The number of benzene rings is 2. The highest BCUT2D eigenvalue weighted by Crippen LogP contribution is 2.36. The van der Waals surface area contributed by atoms with Gasteiger partial charge in [-0.3, -0.25) is 9.20 Å². The molecule has 0 fully saturated rings. The number of carbonyl (C=O) groups excluding carboxylic acids is 1. The maximum atomic E-state index is 13.1. The second-order valence-electron chi connectivity index (χ2n) is 9.92. The molecule has 2 unspecified atom stereocenters. The Bertz CT molecular complexity index is 1490. The largest absolute Gasteiger partial charge is 0.480 e. The molecule has 0 aliphatic heterocycles. The number of nitrogens with zero attached hydrogens (tertiary/aromatic N) is 2. The summed E-state index contributed by atoms with van der Waals surface area (Å²) in [4.78, 5) is 30.0. The van der Waals surface area contributed by atoms with E-state index in [4.69, 9.17) is 4.98 Å². The van der Waals surface area contributed by atoms with Crippen LogP contribution in [0.25, 0.3) is 5.65 Å². The van der Waals surface area contributed by atoms with Crippen LogP contribution >= 0.6 is 0 Å². The number of rotatable bonds is 8. The fourth-order valence-corrected chi connectivity index (χ4v) is 5.08. The lowest BCUT2D eigenvalue weighted by Crippen LogP contribution is -2.42. The normalized spacial score (nSPS) is 15.8. The monoisotopic (exact) mass is 508 g/mol. The van der Waals surface area contributed by atoms with Crippen LogP contribution in [0.5, 0.6) is 0 Å². The van der Waals surface area contributed by atoms with E-state index in [1.807, 2.05) is 47.0 Å². The number of imidazole rings is 1. The average Bonchev–Trinajstić information content (AvgIpc) is 3.29. The van der Waals surface area contributed by atoms with Gasteiger partial charge < -0.3 is 15.7 Å². The van der Waals surface area contributed by atoms with E-state index in [9.17, 15) is 14.7 Å². The van der Waals surface area contributed by atoms with Gasteiger partial charge in [-0.2, -0.15) is 0 Å². The van der Waals surface area contributed by atoms with Crippen molar-refractivity contribution in [1.29, 1.82) is 0 Å². The van der Waals surface area contributed by atoms with E-state index >= 15 is 0 Å². The van der Waals surface area contributed by atoms with Crippen molar-refractivity contribution in [1.82, 2.24) is 14.7 Å². The summed E-state index contributed by atoms with van der Waals surface area (Å²) in [6.45, 7) is 4.16. The van der Waals surface area contributed by atoms with Gasteiger partial charge in [-0.15, -0.1) is 0 Å². The first kappa shape index (κ1) is 25.3. The van der Waals surface area contributed by atoms with Gasteiger partial charge in [-0.25, -0.2) is 9.78 Å². The number of hydrogen-bond acceptors (Lipinski definition) is 4. The molecular formula is C31H32N4O3. The minimum Gasteiger partial charge on any atom is -0.480 e. The van der Waals surface area contributed by atoms with Gasteiger partial charge in [0.1, 0.15) is 17.5 Å². The maximum Gasteiger partial charge on any atom is 0.326 e. The van der Waals surface area contributed by atoms with Crippen molar-refractivity contribution in [3.63, 3.8) is 0 Å². The van der Waals surface area contributed by atoms with E-state index in [1.54, 1.807) is 12.1 Å². The van der Waals surface area contributed by atoms with E-state index in [0.29, 0.717) is 11.2 Å². The maximum absolute atomic E-state index is 13.1. The number of hydrogen-bond donors (Lipinski definition) is 3. The molecule has 38 heavy (non-hydrogen) atoms. The van der Waals surface area contributed by atoms with Crippen molar-refractivity contribution in [2.45, 2.75) is 51.5 Å². The summed E-state index contributed by atoms with van der Waals surface area (Å²) in [5, 5.41) is 16.1. The fraction of sp³-hybridized carbons (Fsp3) is 0.258. The number of pyridine rings is 1. The van der Waals surface area contributed by atoms with Gasteiger partial charge in [0.2, 0.25) is 0 Å². The van der Waals surface area contributed by atoms with E-state index in [-0.39, 0.29) is 12.3 Å². The van der Waals surface area contributed by atoms with E-state index in [0.717, 1.165) is 53.2 Å². The molecule has 2 atom stereocenters. The van der Waals surface area contributed by atoms with Gasteiger partial charge in [0.25, 0.3) is 5.91 Å². The predicted octanol–water partition coefficient (Wildman–Crippen LogP) is 5.94. The van der Waals surface area contributed by atoms with Crippen molar-refractivity contribution in [3.05, 3.63) is 107 Å². The Morgan fingerprint density at radius 3 is 2.50 bits per heavy atom. The van der Waals surface area contributed by atoms with Crippen molar-refractivity contribution in [3.8, 4) is 0 Å².